The van der Waals surface area contributed by atoms with Crippen molar-refractivity contribution in [1.29, 1.82) is 0 Å². The van der Waals surface area contributed by atoms with Gasteiger partial charge in [0.25, 0.3) is 0 Å². The minimum absolute atomic E-state index is 0.103. The molecule has 0 bridgehead atoms. The first kappa shape index (κ1) is 21.4. The van der Waals surface area contributed by atoms with Gasteiger partial charge in [0.15, 0.2) is 0 Å². The van der Waals surface area contributed by atoms with Gasteiger partial charge in [-0.05, 0) is 75.9 Å². The van der Waals surface area contributed by atoms with Gasteiger partial charge in [-0.15, -0.1) is 0 Å². The van der Waals surface area contributed by atoms with Gasteiger partial charge in [-0.25, -0.2) is 0 Å². The van der Waals surface area contributed by atoms with E-state index in [0.717, 1.165) is 24.0 Å². The molecule has 28 heavy (non-hydrogen) atoms. The monoisotopic (exact) mass is 385 g/mol. The van der Waals surface area contributed by atoms with Gasteiger partial charge >= 0.3 is 7.12 Å². The number of rotatable bonds is 4. The maximum atomic E-state index is 13.0. The molecule has 1 aliphatic carbocycles. The summed E-state index contributed by atoms with van der Waals surface area (Å²) in [5.41, 5.74) is 1.11. The van der Waals surface area contributed by atoms with Gasteiger partial charge in [-0.2, -0.15) is 0 Å². The van der Waals surface area contributed by atoms with Crippen LogP contribution in [-0.2, 0) is 14.1 Å². The van der Waals surface area contributed by atoms with Crippen molar-refractivity contribution in [1.82, 2.24) is 0 Å². The fourth-order valence-electron chi connectivity index (χ4n) is 4.44. The summed E-state index contributed by atoms with van der Waals surface area (Å²) in [6.07, 6.45) is 3.37. The summed E-state index contributed by atoms with van der Waals surface area (Å²) < 4.78 is 12.2. The summed E-state index contributed by atoms with van der Waals surface area (Å²) in [5.74, 6) is 1.89. The summed E-state index contributed by atoms with van der Waals surface area (Å²) in [4.78, 5) is 13.0. The average molecular weight is 385 g/mol. The van der Waals surface area contributed by atoms with Crippen LogP contribution in [0.3, 0.4) is 0 Å². The van der Waals surface area contributed by atoms with Gasteiger partial charge in [0.2, 0.25) is 5.91 Å². The fraction of sp³-hybridized carbons (Fsp3) is 0.696. The lowest BCUT2D eigenvalue weighted by Crippen LogP contribution is -2.41. The molecule has 1 amide bonds. The highest BCUT2D eigenvalue weighted by molar-refractivity contribution is 6.62. The number of carbonyl (C=O) groups is 1. The quantitative estimate of drug-likeness (QED) is 0.769. The Morgan fingerprint density at radius 2 is 1.64 bits per heavy atom. The van der Waals surface area contributed by atoms with Gasteiger partial charge in [-0.1, -0.05) is 39.3 Å². The first-order valence-electron chi connectivity index (χ1n) is 10.8. The molecule has 1 saturated carbocycles. The number of benzene rings is 1. The highest BCUT2D eigenvalue weighted by atomic mass is 16.7. The van der Waals surface area contributed by atoms with Crippen molar-refractivity contribution in [3.8, 4) is 0 Å². The minimum Gasteiger partial charge on any atom is -0.399 e. The molecule has 0 radical (unpaired) electrons. The molecule has 1 aliphatic heterocycles. The maximum absolute atomic E-state index is 13.0. The van der Waals surface area contributed by atoms with Crippen LogP contribution >= 0.6 is 0 Å². The first-order valence-corrected chi connectivity index (χ1v) is 10.8. The lowest BCUT2D eigenvalue weighted by atomic mass is 9.70. The van der Waals surface area contributed by atoms with E-state index >= 15 is 0 Å². The van der Waals surface area contributed by atoms with E-state index in [-0.39, 0.29) is 30.1 Å². The molecule has 0 spiro atoms. The largest absolute Gasteiger partial charge is 0.494 e. The molecule has 3 atom stereocenters. The van der Waals surface area contributed by atoms with E-state index in [2.05, 4.69) is 53.8 Å². The molecule has 0 aromatic heterocycles. The number of carbonyl (C=O) groups excluding carboxylic acids is 1. The standard InChI is InChI=1S/C23H36BNO3/c1-15(2)19-13-8-16(3)14-20(19)21(26)25-18-11-9-17(10-12-18)24-27-22(4,5)23(6,7)28-24/h9-12,15-16,19-20H,8,13-14H2,1-7H3,(H,25,26)/t16-,19+,20-/m1/s1. The summed E-state index contributed by atoms with van der Waals surface area (Å²) in [6, 6.07) is 7.88. The molecule has 0 unspecified atom stereocenters. The second-order valence-electron chi connectivity index (χ2n) is 10.1. The Balaban J connectivity index is 1.66. The van der Waals surface area contributed by atoms with E-state index in [0.29, 0.717) is 17.8 Å². The van der Waals surface area contributed by atoms with E-state index in [4.69, 9.17) is 9.31 Å². The molecule has 5 heteroatoms. The topological polar surface area (TPSA) is 47.6 Å². The molecule has 3 rings (SSSR count). The summed E-state index contributed by atoms with van der Waals surface area (Å²) in [6.45, 7) is 14.9. The number of amides is 1. The van der Waals surface area contributed by atoms with Gasteiger partial charge in [0, 0.05) is 11.6 Å². The van der Waals surface area contributed by atoms with E-state index in [9.17, 15) is 4.79 Å². The third kappa shape index (κ3) is 4.31. The van der Waals surface area contributed by atoms with Crippen LogP contribution in [0.1, 0.15) is 67.7 Å². The predicted molar refractivity (Wildman–Crippen MR) is 116 cm³/mol. The van der Waals surface area contributed by atoms with Crippen molar-refractivity contribution in [2.45, 2.75) is 78.9 Å². The summed E-state index contributed by atoms with van der Waals surface area (Å²) in [5, 5.41) is 3.15. The highest BCUT2D eigenvalue weighted by Gasteiger charge is 2.51. The molecule has 4 nitrogen and oxygen atoms in total. The van der Waals surface area contributed by atoms with Crippen LogP contribution in [0.4, 0.5) is 5.69 Å². The van der Waals surface area contributed by atoms with Crippen LogP contribution in [-0.4, -0.2) is 24.2 Å². The predicted octanol–water partition coefficient (Wildman–Crippen LogP) is 4.63. The number of anilines is 1. The molecule has 154 valence electrons. The third-order valence-corrected chi connectivity index (χ3v) is 7.06. The lowest BCUT2D eigenvalue weighted by molar-refractivity contribution is -0.123. The second-order valence-corrected chi connectivity index (χ2v) is 10.1. The zero-order chi connectivity index (χ0) is 20.7. The van der Waals surface area contributed by atoms with Crippen LogP contribution in [0.25, 0.3) is 0 Å². The molecule has 1 N–H and O–H groups in total. The molecule has 2 aliphatic rings. The van der Waals surface area contributed by atoms with Crippen molar-refractivity contribution >= 4 is 24.2 Å². The SMILES string of the molecule is CC(C)[C@@H]1CC[C@@H](C)C[C@H]1C(=O)Nc1ccc(B2OC(C)(C)C(C)(C)O2)cc1. The van der Waals surface area contributed by atoms with Crippen molar-refractivity contribution in [2.75, 3.05) is 5.32 Å². The zero-order valence-corrected chi connectivity index (χ0v) is 18.5. The Hall–Kier alpha value is -1.33. The lowest BCUT2D eigenvalue weighted by Gasteiger charge is -2.36. The Morgan fingerprint density at radius 3 is 2.18 bits per heavy atom. The molecule has 1 saturated heterocycles. The highest BCUT2D eigenvalue weighted by Crippen LogP contribution is 2.39. The van der Waals surface area contributed by atoms with E-state index in [1.165, 1.54) is 6.42 Å². The van der Waals surface area contributed by atoms with Gasteiger partial charge in [0.05, 0.1) is 11.2 Å². The fourth-order valence-corrected chi connectivity index (χ4v) is 4.44. The van der Waals surface area contributed by atoms with Crippen LogP contribution in [0.15, 0.2) is 24.3 Å². The molecule has 1 aromatic carbocycles. The Morgan fingerprint density at radius 1 is 1.07 bits per heavy atom. The van der Waals surface area contributed by atoms with E-state index in [1.54, 1.807) is 0 Å². The van der Waals surface area contributed by atoms with Gasteiger partial charge < -0.3 is 14.6 Å². The maximum Gasteiger partial charge on any atom is 0.494 e. The van der Waals surface area contributed by atoms with Gasteiger partial charge in [0.1, 0.15) is 0 Å². The van der Waals surface area contributed by atoms with E-state index in [1.807, 2.05) is 24.3 Å². The van der Waals surface area contributed by atoms with Crippen LogP contribution in [0.2, 0.25) is 0 Å². The molecular formula is C23H36BNO3. The van der Waals surface area contributed by atoms with Crippen LogP contribution in [0, 0.1) is 23.7 Å². The molecule has 1 aromatic rings. The zero-order valence-electron chi connectivity index (χ0n) is 18.5. The Labute approximate surface area is 170 Å². The molecule has 2 fully saturated rings. The molecular weight excluding hydrogens is 349 g/mol. The first-order chi connectivity index (χ1) is 13.0. The Bertz CT molecular complexity index is 682. The number of hydrogen-bond acceptors (Lipinski definition) is 3. The summed E-state index contributed by atoms with van der Waals surface area (Å²) >= 11 is 0. The van der Waals surface area contributed by atoms with Crippen LogP contribution < -0.4 is 10.8 Å². The number of nitrogens with one attached hydrogen (secondary N) is 1. The second kappa shape index (κ2) is 7.83. The number of hydrogen-bond donors (Lipinski definition) is 1. The normalized spacial score (nSPS) is 29.1. The van der Waals surface area contributed by atoms with Crippen molar-refractivity contribution in [3.63, 3.8) is 0 Å². The summed E-state index contributed by atoms with van der Waals surface area (Å²) in [7, 11) is -0.376. The average Bonchev–Trinajstić information content (AvgIpc) is 2.82. The Kier molecular flexibility index (Phi) is 5.98. The molecule has 1 heterocycles. The minimum atomic E-state index is -0.376. The van der Waals surface area contributed by atoms with Crippen molar-refractivity contribution in [2.24, 2.45) is 23.7 Å². The van der Waals surface area contributed by atoms with E-state index < -0.39 is 0 Å². The van der Waals surface area contributed by atoms with Crippen LogP contribution in [0.5, 0.6) is 0 Å². The smallest absolute Gasteiger partial charge is 0.399 e. The van der Waals surface area contributed by atoms with Gasteiger partial charge in [-0.3, -0.25) is 4.79 Å². The third-order valence-electron chi connectivity index (χ3n) is 7.06. The van der Waals surface area contributed by atoms with Crippen molar-refractivity contribution < 1.29 is 14.1 Å². The van der Waals surface area contributed by atoms with Crippen molar-refractivity contribution in [3.05, 3.63) is 24.3 Å².